The Bertz CT molecular complexity index is 961. The number of hydrogen-bond donors (Lipinski definition) is 0. The van der Waals surface area contributed by atoms with Gasteiger partial charge in [-0.3, -0.25) is 4.79 Å². The Morgan fingerprint density at radius 1 is 1.07 bits per heavy atom. The smallest absolute Gasteiger partial charge is 0.308 e. The van der Waals surface area contributed by atoms with Crippen LogP contribution in [0.25, 0.3) is 0 Å². The summed E-state index contributed by atoms with van der Waals surface area (Å²) in [5.41, 5.74) is 2.23. The highest BCUT2D eigenvalue weighted by Gasteiger charge is 2.14. The monoisotopic (exact) mass is 412 g/mol. The lowest BCUT2D eigenvalue weighted by Crippen LogP contribution is -2.10. The summed E-state index contributed by atoms with van der Waals surface area (Å²) in [5.74, 6) is 1.88. The van der Waals surface area contributed by atoms with E-state index in [1.54, 1.807) is 6.07 Å². The molecule has 0 bridgehead atoms. The Labute approximate surface area is 174 Å². The van der Waals surface area contributed by atoms with Crippen molar-refractivity contribution in [3.05, 3.63) is 65.5 Å². The summed E-state index contributed by atoms with van der Waals surface area (Å²) in [6.45, 7) is 8.10. The standard InChI is InChI=1S/C22H24N2O4S/c1-15(25)27-19-8-6-5-7-16(19)14-29-21-24-23-20(28-21)13-26-18-11-9-17(10-12-18)22(2,3)4/h5-12H,13-14H2,1-4H3. The normalized spacial score (nSPS) is 11.3. The molecule has 3 rings (SSSR count). The average Bonchev–Trinajstić information content (AvgIpc) is 3.13. The molecule has 0 saturated heterocycles. The second-order valence-corrected chi connectivity index (χ2v) is 8.44. The van der Waals surface area contributed by atoms with Crippen molar-refractivity contribution in [3.63, 3.8) is 0 Å². The highest BCUT2D eigenvalue weighted by Crippen LogP contribution is 2.28. The minimum atomic E-state index is -0.352. The number of carbonyl (C=O) groups is 1. The molecule has 0 N–H and O–H groups in total. The molecule has 7 heteroatoms. The van der Waals surface area contributed by atoms with E-state index in [1.165, 1.54) is 24.2 Å². The van der Waals surface area contributed by atoms with Crippen LogP contribution in [0.2, 0.25) is 0 Å². The Morgan fingerprint density at radius 3 is 2.48 bits per heavy atom. The molecule has 0 radical (unpaired) electrons. The van der Waals surface area contributed by atoms with E-state index < -0.39 is 0 Å². The number of carbonyl (C=O) groups excluding carboxylic acids is 1. The molecule has 2 aromatic carbocycles. The van der Waals surface area contributed by atoms with Gasteiger partial charge in [-0.1, -0.05) is 62.9 Å². The Hall–Kier alpha value is -2.80. The summed E-state index contributed by atoms with van der Waals surface area (Å²) < 4.78 is 16.6. The number of aromatic nitrogens is 2. The van der Waals surface area contributed by atoms with Crippen LogP contribution in [0.3, 0.4) is 0 Å². The van der Waals surface area contributed by atoms with Crippen molar-refractivity contribution in [3.8, 4) is 11.5 Å². The Balaban J connectivity index is 1.54. The maximum absolute atomic E-state index is 11.2. The van der Waals surface area contributed by atoms with Crippen LogP contribution < -0.4 is 9.47 Å². The molecule has 1 heterocycles. The summed E-state index contributed by atoms with van der Waals surface area (Å²) in [6.07, 6.45) is 0. The van der Waals surface area contributed by atoms with Gasteiger partial charge < -0.3 is 13.9 Å². The van der Waals surface area contributed by atoms with Gasteiger partial charge in [-0.2, -0.15) is 0 Å². The molecule has 0 unspecified atom stereocenters. The van der Waals surface area contributed by atoms with Gasteiger partial charge >= 0.3 is 5.97 Å². The van der Waals surface area contributed by atoms with Gasteiger partial charge in [-0.15, -0.1) is 10.2 Å². The van der Waals surface area contributed by atoms with Crippen molar-refractivity contribution in [2.24, 2.45) is 0 Å². The van der Waals surface area contributed by atoms with Crippen molar-refractivity contribution < 1.29 is 18.7 Å². The predicted octanol–water partition coefficient (Wildman–Crippen LogP) is 5.16. The Morgan fingerprint density at radius 2 is 1.79 bits per heavy atom. The number of benzene rings is 2. The van der Waals surface area contributed by atoms with E-state index in [1.807, 2.05) is 30.3 Å². The van der Waals surface area contributed by atoms with Crippen LogP contribution in [0.5, 0.6) is 11.5 Å². The topological polar surface area (TPSA) is 74.5 Å². The van der Waals surface area contributed by atoms with Gasteiger partial charge in [0.1, 0.15) is 11.5 Å². The van der Waals surface area contributed by atoms with Gasteiger partial charge in [-0.05, 0) is 29.2 Å². The third kappa shape index (κ3) is 6.09. The van der Waals surface area contributed by atoms with Crippen LogP contribution in [0.4, 0.5) is 0 Å². The van der Waals surface area contributed by atoms with Gasteiger partial charge in [0.2, 0.25) is 0 Å². The van der Waals surface area contributed by atoms with Crippen molar-refractivity contribution in [2.75, 3.05) is 0 Å². The maximum Gasteiger partial charge on any atom is 0.308 e. The summed E-state index contributed by atoms with van der Waals surface area (Å²) in [7, 11) is 0. The van der Waals surface area contributed by atoms with Crippen molar-refractivity contribution in [1.82, 2.24) is 10.2 Å². The predicted molar refractivity (Wildman–Crippen MR) is 111 cm³/mol. The van der Waals surface area contributed by atoms with Gasteiger partial charge in [0.25, 0.3) is 11.1 Å². The lowest BCUT2D eigenvalue weighted by atomic mass is 9.87. The minimum Gasteiger partial charge on any atom is -0.484 e. The number of esters is 1. The molecule has 0 aliphatic heterocycles. The fourth-order valence-electron chi connectivity index (χ4n) is 2.57. The van der Waals surface area contributed by atoms with Crippen LogP contribution in [0.1, 0.15) is 44.7 Å². The fourth-order valence-corrected chi connectivity index (χ4v) is 3.34. The highest BCUT2D eigenvalue weighted by atomic mass is 32.2. The van der Waals surface area contributed by atoms with Crippen LogP contribution in [0.15, 0.2) is 58.2 Å². The van der Waals surface area contributed by atoms with E-state index in [4.69, 9.17) is 13.9 Å². The number of nitrogens with zero attached hydrogens (tertiary/aromatic N) is 2. The number of rotatable bonds is 7. The van der Waals surface area contributed by atoms with E-state index in [2.05, 4.69) is 43.1 Å². The molecular weight excluding hydrogens is 388 g/mol. The molecule has 0 amide bonds. The number of thioether (sulfide) groups is 1. The molecule has 0 aliphatic rings. The largest absolute Gasteiger partial charge is 0.484 e. The molecule has 0 atom stereocenters. The van der Waals surface area contributed by atoms with Crippen LogP contribution >= 0.6 is 11.8 Å². The Kier molecular flexibility index (Phi) is 6.59. The lowest BCUT2D eigenvalue weighted by Gasteiger charge is -2.19. The zero-order valence-electron chi connectivity index (χ0n) is 17.0. The molecule has 3 aromatic rings. The summed E-state index contributed by atoms with van der Waals surface area (Å²) >= 11 is 1.37. The summed E-state index contributed by atoms with van der Waals surface area (Å²) in [5, 5.41) is 8.50. The van der Waals surface area contributed by atoms with Crippen LogP contribution in [-0.4, -0.2) is 16.2 Å². The second-order valence-electron chi connectivity index (χ2n) is 7.51. The molecule has 6 nitrogen and oxygen atoms in total. The second kappa shape index (κ2) is 9.13. The van der Waals surface area contributed by atoms with Crippen LogP contribution in [0, 0.1) is 0 Å². The quantitative estimate of drug-likeness (QED) is 0.301. The summed E-state index contributed by atoms with van der Waals surface area (Å²) in [6, 6.07) is 15.4. The fraction of sp³-hybridized carbons (Fsp3) is 0.318. The maximum atomic E-state index is 11.2. The lowest BCUT2D eigenvalue weighted by molar-refractivity contribution is -0.131. The molecular formula is C22H24N2O4S. The molecule has 29 heavy (non-hydrogen) atoms. The van der Waals surface area contributed by atoms with Gasteiger partial charge in [0.05, 0.1) is 0 Å². The van der Waals surface area contributed by atoms with E-state index >= 15 is 0 Å². The van der Waals surface area contributed by atoms with E-state index in [0.717, 1.165) is 11.3 Å². The number of para-hydroxylation sites is 1. The zero-order chi connectivity index (χ0) is 20.9. The third-order valence-corrected chi connectivity index (χ3v) is 4.98. The number of ether oxygens (including phenoxy) is 2. The summed E-state index contributed by atoms with van der Waals surface area (Å²) in [4.78, 5) is 11.2. The average molecular weight is 413 g/mol. The minimum absolute atomic E-state index is 0.102. The zero-order valence-corrected chi connectivity index (χ0v) is 17.8. The van der Waals surface area contributed by atoms with Gasteiger partial charge in [0.15, 0.2) is 6.61 Å². The van der Waals surface area contributed by atoms with Crippen molar-refractivity contribution in [2.45, 2.75) is 50.7 Å². The molecule has 0 aliphatic carbocycles. The first-order valence-electron chi connectivity index (χ1n) is 9.26. The first-order valence-corrected chi connectivity index (χ1v) is 10.2. The molecule has 152 valence electrons. The molecule has 0 fully saturated rings. The molecule has 0 saturated carbocycles. The van der Waals surface area contributed by atoms with Crippen LogP contribution in [-0.2, 0) is 22.6 Å². The van der Waals surface area contributed by atoms with Crippen molar-refractivity contribution in [1.29, 1.82) is 0 Å². The first kappa shape index (κ1) is 20.9. The third-order valence-electron chi connectivity index (χ3n) is 4.11. The van der Waals surface area contributed by atoms with E-state index in [0.29, 0.717) is 22.6 Å². The highest BCUT2D eigenvalue weighted by molar-refractivity contribution is 7.98. The molecule has 0 spiro atoms. The van der Waals surface area contributed by atoms with E-state index in [-0.39, 0.29) is 18.0 Å². The number of hydrogen-bond acceptors (Lipinski definition) is 7. The SMILES string of the molecule is CC(=O)Oc1ccccc1CSc1nnc(COc2ccc(C(C)(C)C)cc2)o1. The van der Waals surface area contributed by atoms with Gasteiger partial charge in [0, 0.05) is 18.2 Å². The van der Waals surface area contributed by atoms with Crippen molar-refractivity contribution >= 4 is 17.7 Å². The van der Waals surface area contributed by atoms with E-state index in [9.17, 15) is 4.79 Å². The molecule has 1 aromatic heterocycles. The van der Waals surface area contributed by atoms with Gasteiger partial charge in [-0.25, -0.2) is 0 Å². The first-order chi connectivity index (χ1) is 13.8.